The minimum atomic E-state index is -0.157. The van der Waals surface area contributed by atoms with Gasteiger partial charge >= 0.3 is 0 Å². The summed E-state index contributed by atoms with van der Waals surface area (Å²) in [6.07, 6.45) is 3.62. The fraction of sp³-hybridized carbons (Fsp3) is 1.00. The third kappa shape index (κ3) is 1.60. The Morgan fingerprint density at radius 3 is 2.44 bits per heavy atom. The van der Waals surface area contributed by atoms with E-state index in [9.17, 15) is 5.11 Å². The Bertz CT molecular complexity index is 99.1. The second kappa shape index (κ2) is 2.90. The number of hydrogen-bond acceptors (Lipinski definition) is 3. The van der Waals surface area contributed by atoms with Crippen LogP contribution in [0.25, 0.3) is 0 Å². The van der Waals surface area contributed by atoms with Crippen molar-refractivity contribution in [3.63, 3.8) is 0 Å². The summed E-state index contributed by atoms with van der Waals surface area (Å²) in [5.74, 6) is 0. The highest BCUT2D eigenvalue weighted by molar-refractivity contribution is 7.99. The fourth-order valence-electron chi connectivity index (χ4n) is 1.27. The van der Waals surface area contributed by atoms with Crippen molar-refractivity contribution in [3.8, 4) is 0 Å². The largest absolute Gasteiger partial charge is 0.392 e. The van der Waals surface area contributed by atoms with E-state index in [1.54, 1.807) is 11.8 Å². The first kappa shape index (κ1) is 7.38. The molecule has 0 amide bonds. The van der Waals surface area contributed by atoms with Crippen LogP contribution in [-0.2, 0) is 0 Å². The molecule has 0 aromatic carbocycles. The molecule has 0 saturated heterocycles. The standard InChI is InChI=1S/C6H13NOS/c1-9-6-3-4(7)2-5(6)8/h4-6,8H,2-3,7H2,1H3/t4-,5+,6+/m0/s1. The van der Waals surface area contributed by atoms with Crippen LogP contribution >= 0.6 is 11.8 Å². The molecule has 0 bridgehead atoms. The van der Waals surface area contributed by atoms with E-state index in [2.05, 4.69) is 0 Å². The highest BCUT2D eigenvalue weighted by atomic mass is 32.2. The Balaban J connectivity index is 2.38. The molecule has 54 valence electrons. The molecule has 3 atom stereocenters. The van der Waals surface area contributed by atoms with E-state index in [4.69, 9.17) is 5.73 Å². The lowest BCUT2D eigenvalue weighted by atomic mass is 10.3. The van der Waals surface area contributed by atoms with Crippen LogP contribution in [0.1, 0.15) is 12.8 Å². The van der Waals surface area contributed by atoms with Gasteiger partial charge < -0.3 is 10.8 Å². The summed E-state index contributed by atoms with van der Waals surface area (Å²) in [6.45, 7) is 0. The monoisotopic (exact) mass is 147 g/mol. The van der Waals surface area contributed by atoms with Gasteiger partial charge in [0.2, 0.25) is 0 Å². The van der Waals surface area contributed by atoms with E-state index in [1.807, 2.05) is 6.26 Å². The first-order valence-corrected chi connectivity index (χ1v) is 4.49. The third-order valence-electron chi connectivity index (χ3n) is 1.81. The van der Waals surface area contributed by atoms with Crippen molar-refractivity contribution in [2.24, 2.45) is 5.73 Å². The van der Waals surface area contributed by atoms with E-state index in [-0.39, 0.29) is 12.1 Å². The molecule has 0 aliphatic heterocycles. The molecule has 2 nitrogen and oxygen atoms in total. The zero-order chi connectivity index (χ0) is 6.85. The molecule has 1 saturated carbocycles. The zero-order valence-electron chi connectivity index (χ0n) is 5.58. The predicted molar refractivity (Wildman–Crippen MR) is 40.5 cm³/mol. The average molecular weight is 147 g/mol. The van der Waals surface area contributed by atoms with Gasteiger partial charge in [0.1, 0.15) is 0 Å². The first-order chi connectivity index (χ1) is 4.24. The maximum Gasteiger partial charge on any atom is 0.0674 e. The molecule has 0 radical (unpaired) electrons. The van der Waals surface area contributed by atoms with Crippen molar-refractivity contribution in [2.75, 3.05) is 6.26 Å². The van der Waals surface area contributed by atoms with Gasteiger partial charge in [-0.1, -0.05) is 0 Å². The van der Waals surface area contributed by atoms with Gasteiger partial charge in [-0.05, 0) is 19.1 Å². The Morgan fingerprint density at radius 2 is 2.22 bits per heavy atom. The summed E-state index contributed by atoms with van der Waals surface area (Å²) in [5.41, 5.74) is 5.62. The molecular formula is C6H13NOS. The Morgan fingerprint density at radius 1 is 1.56 bits per heavy atom. The van der Waals surface area contributed by atoms with Crippen LogP contribution in [0.3, 0.4) is 0 Å². The summed E-state index contributed by atoms with van der Waals surface area (Å²) in [6, 6.07) is 0.234. The van der Waals surface area contributed by atoms with E-state index < -0.39 is 0 Å². The van der Waals surface area contributed by atoms with Crippen LogP contribution in [0.15, 0.2) is 0 Å². The van der Waals surface area contributed by atoms with Gasteiger partial charge in [0.25, 0.3) is 0 Å². The van der Waals surface area contributed by atoms with Crippen molar-refractivity contribution in [2.45, 2.75) is 30.2 Å². The summed E-state index contributed by atoms with van der Waals surface area (Å²) in [7, 11) is 0. The topological polar surface area (TPSA) is 46.2 Å². The fourth-order valence-corrected chi connectivity index (χ4v) is 2.13. The van der Waals surface area contributed by atoms with Crippen LogP contribution in [0.4, 0.5) is 0 Å². The highest BCUT2D eigenvalue weighted by Crippen LogP contribution is 2.27. The van der Waals surface area contributed by atoms with Crippen LogP contribution in [0.2, 0.25) is 0 Å². The zero-order valence-corrected chi connectivity index (χ0v) is 6.40. The number of aliphatic hydroxyl groups is 1. The van der Waals surface area contributed by atoms with Crippen molar-refractivity contribution < 1.29 is 5.11 Å². The van der Waals surface area contributed by atoms with Gasteiger partial charge in [-0.15, -0.1) is 0 Å². The van der Waals surface area contributed by atoms with Gasteiger partial charge in [0, 0.05) is 11.3 Å². The summed E-state index contributed by atoms with van der Waals surface area (Å²) >= 11 is 1.71. The van der Waals surface area contributed by atoms with Crippen LogP contribution < -0.4 is 5.73 Å². The Labute approximate surface area is 59.8 Å². The number of hydrogen-bond donors (Lipinski definition) is 2. The quantitative estimate of drug-likeness (QED) is 0.557. The summed E-state index contributed by atoms with van der Waals surface area (Å²) < 4.78 is 0. The summed E-state index contributed by atoms with van der Waals surface area (Å²) in [4.78, 5) is 0. The maximum atomic E-state index is 9.26. The SMILES string of the molecule is CS[C@@H]1C[C@@H](N)C[C@H]1O. The van der Waals surface area contributed by atoms with E-state index in [0.717, 1.165) is 12.8 Å². The third-order valence-corrected chi connectivity index (χ3v) is 2.92. The van der Waals surface area contributed by atoms with Crippen molar-refractivity contribution in [1.29, 1.82) is 0 Å². The molecule has 0 spiro atoms. The van der Waals surface area contributed by atoms with Crippen LogP contribution in [0.5, 0.6) is 0 Å². The van der Waals surface area contributed by atoms with E-state index in [1.165, 1.54) is 0 Å². The predicted octanol–water partition coefficient (Wildman–Crippen LogP) is 0.200. The molecule has 1 rings (SSSR count). The minimum absolute atomic E-state index is 0.157. The lowest BCUT2D eigenvalue weighted by Crippen LogP contribution is -2.15. The molecule has 9 heavy (non-hydrogen) atoms. The lowest BCUT2D eigenvalue weighted by molar-refractivity contribution is 0.186. The molecule has 1 fully saturated rings. The molecule has 3 N–H and O–H groups in total. The number of aliphatic hydroxyl groups excluding tert-OH is 1. The average Bonchev–Trinajstić information content (AvgIpc) is 2.10. The lowest BCUT2D eigenvalue weighted by Gasteiger charge is -2.08. The molecule has 0 aromatic rings. The second-order valence-corrected chi connectivity index (χ2v) is 3.65. The minimum Gasteiger partial charge on any atom is -0.392 e. The van der Waals surface area contributed by atoms with E-state index >= 15 is 0 Å². The molecule has 0 unspecified atom stereocenters. The number of nitrogens with two attached hydrogens (primary N) is 1. The van der Waals surface area contributed by atoms with Crippen molar-refractivity contribution in [1.82, 2.24) is 0 Å². The van der Waals surface area contributed by atoms with Gasteiger partial charge in [-0.2, -0.15) is 11.8 Å². The highest BCUT2D eigenvalue weighted by Gasteiger charge is 2.29. The smallest absolute Gasteiger partial charge is 0.0674 e. The first-order valence-electron chi connectivity index (χ1n) is 3.20. The molecule has 1 aliphatic carbocycles. The van der Waals surface area contributed by atoms with E-state index in [0.29, 0.717) is 5.25 Å². The Hall–Kier alpha value is 0.270. The molecule has 0 aromatic heterocycles. The molecule has 3 heteroatoms. The molecule has 1 aliphatic rings. The molecular weight excluding hydrogens is 134 g/mol. The maximum absolute atomic E-state index is 9.26. The molecule has 0 heterocycles. The van der Waals surface area contributed by atoms with Gasteiger partial charge in [0.05, 0.1) is 6.10 Å². The van der Waals surface area contributed by atoms with Gasteiger partial charge in [-0.25, -0.2) is 0 Å². The van der Waals surface area contributed by atoms with Crippen LogP contribution in [0, 0.1) is 0 Å². The van der Waals surface area contributed by atoms with Crippen molar-refractivity contribution in [3.05, 3.63) is 0 Å². The second-order valence-electron chi connectivity index (χ2n) is 2.57. The number of thioether (sulfide) groups is 1. The van der Waals surface area contributed by atoms with Gasteiger partial charge in [0.15, 0.2) is 0 Å². The normalized spacial score (nSPS) is 43.7. The Kier molecular flexibility index (Phi) is 2.38. The number of rotatable bonds is 1. The summed E-state index contributed by atoms with van der Waals surface area (Å²) in [5, 5.41) is 9.65. The van der Waals surface area contributed by atoms with Crippen LogP contribution in [-0.4, -0.2) is 28.8 Å². The van der Waals surface area contributed by atoms with Crippen molar-refractivity contribution >= 4 is 11.8 Å². The van der Waals surface area contributed by atoms with Gasteiger partial charge in [-0.3, -0.25) is 0 Å².